The average Bonchev–Trinajstić information content (AvgIpc) is 1.99. The van der Waals surface area contributed by atoms with E-state index < -0.39 is 0 Å². The van der Waals surface area contributed by atoms with Gasteiger partial charge >= 0.3 is 0 Å². The van der Waals surface area contributed by atoms with Gasteiger partial charge in [0.05, 0.1) is 5.60 Å². The van der Waals surface area contributed by atoms with Crippen LogP contribution in [0, 0.1) is 5.41 Å². The lowest BCUT2D eigenvalue weighted by atomic mass is 9.56. The average molecular weight is 157 g/mol. The maximum atomic E-state index is 5.48. The van der Waals surface area contributed by atoms with Crippen LogP contribution in [0.4, 0.5) is 0 Å². The molecule has 0 spiro atoms. The van der Waals surface area contributed by atoms with Gasteiger partial charge in [-0.2, -0.15) is 0 Å². The number of hydrogen-bond acceptors (Lipinski definition) is 2. The van der Waals surface area contributed by atoms with Crippen LogP contribution in [0.2, 0.25) is 0 Å². The van der Waals surface area contributed by atoms with Gasteiger partial charge in [0.15, 0.2) is 0 Å². The standard InChI is InChI=1S/C9H19NO/c1-8(2)7(10-4)6-9(8,3)11-5/h7,10H,6H2,1-5H3/t7-,9-/m1/s1. The minimum atomic E-state index is 0.0701. The van der Waals surface area contributed by atoms with Crippen molar-refractivity contribution in [1.29, 1.82) is 0 Å². The smallest absolute Gasteiger partial charge is 0.0731 e. The molecular weight excluding hydrogens is 138 g/mol. The Morgan fingerprint density at radius 2 is 1.91 bits per heavy atom. The van der Waals surface area contributed by atoms with Crippen molar-refractivity contribution in [3.05, 3.63) is 0 Å². The fraction of sp³-hybridized carbons (Fsp3) is 1.00. The van der Waals surface area contributed by atoms with Crippen LogP contribution in [0.3, 0.4) is 0 Å². The lowest BCUT2D eigenvalue weighted by Crippen LogP contribution is -2.67. The van der Waals surface area contributed by atoms with E-state index in [9.17, 15) is 0 Å². The molecular formula is C9H19NO. The van der Waals surface area contributed by atoms with Crippen molar-refractivity contribution in [2.24, 2.45) is 5.41 Å². The molecule has 2 heteroatoms. The molecule has 0 aromatic rings. The number of ether oxygens (including phenoxy) is 1. The zero-order valence-corrected chi connectivity index (χ0v) is 8.19. The molecule has 1 aliphatic carbocycles. The minimum Gasteiger partial charge on any atom is -0.378 e. The van der Waals surface area contributed by atoms with Gasteiger partial charge < -0.3 is 10.1 Å². The van der Waals surface area contributed by atoms with Crippen LogP contribution in [0.1, 0.15) is 27.2 Å². The van der Waals surface area contributed by atoms with E-state index in [1.807, 2.05) is 7.05 Å². The molecule has 1 fully saturated rings. The van der Waals surface area contributed by atoms with Crippen LogP contribution in [0.25, 0.3) is 0 Å². The van der Waals surface area contributed by atoms with E-state index in [0.717, 1.165) is 6.42 Å². The molecule has 2 atom stereocenters. The first-order chi connectivity index (χ1) is 4.98. The van der Waals surface area contributed by atoms with Gasteiger partial charge in [-0.05, 0) is 20.4 Å². The van der Waals surface area contributed by atoms with Crippen molar-refractivity contribution in [2.75, 3.05) is 14.2 Å². The fourth-order valence-electron chi connectivity index (χ4n) is 1.95. The molecule has 0 bridgehead atoms. The molecule has 0 unspecified atom stereocenters. The van der Waals surface area contributed by atoms with Gasteiger partial charge in [-0.3, -0.25) is 0 Å². The molecule has 1 aliphatic rings. The Bertz CT molecular complexity index is 156. The molecule has 1 saturated carbocycles. The second-order valence-electron chi connectivity index (χ2n) is 4.20. The van der Waals surface area contributed by atoms with E-state index in [-0.39, 0.29) is 11.0 Å². The molecule has 0 aliphatic heterocycles. The van der Waals surface area contributed by atoms with Gasteiger partial charge in [0.1, 0.15) is 0 Å². The molecule has 1 rings (SSSR count). The maximum Gasteiger partial charge on any atom is 0.0731 e. The van der Waals surface area contributed by atoms with Crippen LogP contribution in [-0.2, 0) is 4.74 Å². The number of methoxy groups -OCH3 is 1. The van der Waals surface area contributed by atoms with Gasteiger partial charge in [0.25, 0.3) is 0 Å². The van der Waals surface area contributed by atoms with Crippen molar-refractivity contribution in [1.82, 2.24) is 5.32 Å². The SMILES string of the molecule is CN[C@@H]1C[C@@](C)(OC)C1(C)C. The van der Waals surface area contributed by atoms with Crippen LogP contribution in [-0.4, -0.2) is 25.8 Å². The Labute approximate surface area is 69.3 Å². The predicted molar refractivity (Wildman–Crippen MR) is 46.7 cm³/mol. The molecule has 0 aromatic carbocycles. The zero-order valence-electron chi connectivity index (χ0n) is 8.19. The Balaban J connectivity index is 2.67. The fourth-order valence-corrected chi connectivity index (χ4v) is 1.95. The van der Waals surface area contributed by atoms with Crippen molar-refractivity contribution < 1.29 is 4.74 Å². The summed E-state index contributed by atoms with van der Waals surface area (Å²) in [5.74, 6) is 0. The minimum absolute atomic E-state index is 0.0701. The monoisotopic (exact) mass is 157 g/mol. The first-order valence-electron chi connectivity index (χ1n) is 4.20. The van der Waals surface area contributed by atoms with Crippen LogP contribution in [0.5, 0.6) is 0 Å². The summed E-state index contributed by atoms with van der Waals surface area (Å²) in [6, 6.07) is 0.604. The maximum absolute atomic E-state index is 5.48. The number of hydrogen-bond donors (Lipinski definition) is 1. The second kappa shape index (κ2) is 2.46. The normalized spacial score (nSPS) is 41.7. The van der Waals surface area contributed by atoms with Gasteiger partial charge in [-0.25, -0.2) is 0 Å². The van der Waals surface area contributed by atoms with Gasteiger partial charge in [-0.15, -0.1) is 0 Å². The Kier molecular flexibility index (Phi) is 2.01. The van der Waals surface area contributed by atoms with E-state index in [2.05, 4.69) is 26.1 Å². The van der Waals surface area contributed by atoms with Crippen LogP contribution >= 0.6 is 0 Å². The van der Waals surface area contributed by atoms with E-state index in [1.54, 1.807) is 7.11 Å². The van der Waals surface area contributed by atoms with E-state index in [4.69, 9.17) is 4.74 Å². The molecule has 66 valence electrons. The van der Waals surface area contributed by atoms with Crippen LogP contribution in [0.15, 0.2) is 0 Å². The summed E-state index contributed by atoms with van der Waals surface area (Å²) in [7, 11) is 3.81. The first kappa shape index (κ1) is 9.01. The molecule has 2 nitrogen and oxygen atoms in total. The zero-order chi connectivity index (χ0) is 8.70. The number of rotatable bonds is 2. The van der Waals surface area contributed by atoms with Gasteiger partial charge in [0.2, 0.25) is 0 Å². The van der Waals surface area contributed by atoms with Crippen molar-refractivity contribution in [3.8, 4) is 0 Å². The Morgan fingerprint density at radius 1 is 1.36 bits per heavy atom. The third kappa shape index (κ3) is 1.00. The molecule has 0 saturated heterocycles. The summed E-state index contributed by atoms with van der Waals surface area (Å²) >= 11 is 0. The Hall–Kier alpha value is -0.0800. The lowest BCUT2D eigenvalue weighted by Gasteiger charge is -2.59. The highest BCUT2D eigenvalue weighted by atomic mass is 16.5. The molecule has 0 radical (unpaired) electrons. The third-order valence-corrected chi connectivity index (χ3v) is 3.63. The topological polar surface area (TPSA) is 21.3 Å². The predicted octanol–water partition coefficient (Wildman–Crippen LogP) is 1.41. The summed E-state index contributed by atoms with van der Waals surface area (Å²) in [4.78, 5) is 0. The first-order valence-corrected chi connectivity index (χ1v) is 4.20. The van der Waals surface area contributed by atoms with E-state index in [0.29, 0.717) is 6.04 Å². The van der Waals surface area contributed by atoms with E-state index >= 15 is 0 Å². The summed E-state index contributed by atoms with van der Waals surface area (Å²) in [5.41, 5.74) is 0.331. The molecule has 11 heavy (non-hydrogen) atoms. The van der Waals surface area contributed by atoms with E-state index in [1.165, 1.54) is 0 Å². The highest BCUT2D eigenvalue weighted by Crippen LogP contribution is 2.51. The molecule has 0 amide bonds. The largest absolute Gasteiger partial charge is 0.378 e. The second-order valence-corrected chi connectivity index (χ2v) is 4.20. The molecule has 0 aromatic heterocycles. The lowest BCUT2D eigenvalue weighted by molar-refractivity contribution is -0.179. The molecule has 0 heterocycles. The summed E-state index contributed by atoms with van der Waals surface area (Å²) in [6.07, 6.45) is 1.12. The number of nitrogens with one attached hydrogen (secondary N) is 1. The quantitative estimate of drug-likeness (QED) is 0.654. The van der Waals surface area contributed by atoms with Crippen molar-refractivity contribution in [3.63, 3.8) is 0 Å². The van der Waals surface area contributed by atoms with Gasteiger partial charge in [-0.1, -0.05) is 13.8 Å². The third-order valence-electron chi connectivity index (χ3n) is 3.63. The highest BCUT2D eigenvalue weighted by molar-refractivity contribution is 5.10. The van der Waals surface area contributed by atoms with Crippen LogP contribution < -0.4 is 5.32 Å². The van der Waals surface area contributed by atoms with Crippen molar-refractivity contribution in [2.45, 2.75) is 38.8 Å². The summed E-state index contributed by atoms with van der Waals surface area (Å²) < 4.78 is 5.48. The van der Waals surface area contributed by atoms with Gasteiger partial charge in [0, 0.05) is 18.6 Å². The summed E-state index contributed by atoms with van der Waals surface area (Å²) in [5, 5.41) is 3.30. The van der Waals surface area contributed by atoms with Crippen molar-refractivity contribution >= 4 is 0 Å². The highest BCUT2D eigenvalue weighted by Gasteiger charge is 2.56. The molecule has 1 N–H and O–H groups in total. The summed E-state index contributed by atoms with van der Waals surface area (Å²) in [6.45, 7) is 6.68. The Morgan fingerprint density at radius 3 is 2.18 bits per heavy atom.